The van der Waals surface area contributed by atoms with E-state index in [0.717, 1.165) is 51.9 Å². The van der Waals surface area contributed by atoms with E-state index in [1.165, 1.54) is 32.1 Å². The Morgan fingerprint density at radius 3 is 2.30 bits per heavy atom. The average Bonchev–Trinajstić information content (AvgIpc) is 2.45. The van der Waals surface area contributed by atoms with Crippen molar-refractivity contribution in [2.75, 3.05) is 26.2 Å². The van der Waals surface area contributed by atoms with Crippen LogP contribution >= 0.6 is 0 Å². The van der Waals surface area contributed by atoms with Crippen LogP contribution in [-0.2, 0) is 4.79 Å². The summed E-state index contributed by atoms with van der Waals surface area (Å²) in [4.78, 5) is 11.6. The van der Waals surface area contributed by atoms with Gasteiger partial charge in [0.15, 0.2) is 0 Å². The standard InChI is InChI=1S/C16H35N3O/c1-2-3-4-5-6-7-11-16(20)19-15-10-14-18-13-9-8-12-17/h18H,2-15,17H2,1H3,(H,19,20). The third-order valence-corrected chi connectivity index (χ3v) is 3.42. The third-order valence-electron chi connectivity index (χ3n) is 3.42. The van der Waals surface area contributed by atoms with Gasteiger partial charge < -0.3 is 16.4 Å². The van der Waals surface area contributed by atoms with Gasteiger partial charge in [-0.05, 0) is 45.3 Å². The maximum atomic E-state index is 11.6. The molecule has 0 aromatic carbocycles. The molecule has 0 saturated carbocycles. The molecule has 0 saturated heterocycles. The number of carbonyl (C=O) groups is 1. The van der Waals surface area contributed by atoms with Crippen molar-refractivity contribution in [3.05, 3.63) is 0 Å². The Labute approximate surface area is 125 Å². The lowest BCUT2D eigenvalue weighted by Gasteiger charge is -2.06. The molecule has 0 spiro atoms. The summed E-state index contributed by atoms with van der Waals surface area (Å²) in [7, 11) is 0. The van der Waals surface area contributed by atoms with Gasteiger partial charge in [-0.2, -0.15) is 0 Å². The first-order valence-corrected chi connectivity index (χ1v) is 8.48. The maximum absolute atomic E-state index is 11.6. The van der Waals surface area contributed by atoms with Crippen LogP contribution in [0.5, 0.6) is 0 Å². The van der Waals surface area contributed by atoms with E-state index in [1.807, 2.05) is 0 Å². The lowest BCUT2D eigenvalue weighted by molar-refractivity contribution is -0.121. The Morgan fingerprint density at radius 1 is 0.850 bits per heavy atom. The van der Waals surface area contributed by atoms with Gasteiger partial charge in [-0.1, -0.05) is 39.0 Å². The number of carbonyl (C=O) groups excluding carboxylic acids is 1. The molecule has 120 valence electrons. The zero-order chi connectivity index (χ0) is 14.9. The fourth-order valence-electron chi connectivity index (χ4n) is 2.11. The van der Waals surface area contributed by atoms with Crippen molar-refractivity contribution < 1.29 is 4.79 Å². The number of hydrogen-bond donors (Lipinski definition) is 3. The van der Waals surface area contributed by atoms with Crippen LogP contribution < -0.4 is 16.4 Å². The van der Waals surface area contributed by atoms with E-state index < -0.39 is 0 Å². The Bertz CT molecular complexity index is 210. The van der Waals surface area contributed by atoms with E-state index in [2.05, 4.69) is 17.6 Å². The number of nitrogens with one attached hydrogen (secondary N) is 2. The van der Waals surface area contributed by atoms with Crippen LogP contribution in [0, 0.1) is 0 Å². The van der Waals surface area contributed by atoms with Crippen molar-refractivity contribution in [2.24, 2.45) is 5.73 Å². The van der Waals surface area contributed by atoms with Crippen LogP contribution in [0.3, 0.4) is 0 Å². The second-order valence-corrected chi connectivity index (χ2v) is 5.47. The Hall–Kier alpha value is -0.610. The van der Waals surface area contributed by atoms with E-state index in [0.29, 0.717) is 6.42 Å². The molecule has 0 rings (SSSR count). The van der Waals surface area contributed by atoms with Gasteiger partial charge in [-0.25, -0.2) is 0 Å². The van der Waals surface area contributed by atoms with Gasteiger partial charge in [0, 0.05) is 13.0 Å². The lowest BCUT2D eigenvalue weighted by atomic mass is 10.1. The van der Waals surface area contributed by atoms with Gasteiger partial charge >= 0.3 is 0 Å². The van der Waals surface area contributed by atoms with Crippen molar-refractivity contribution in [2.45, 2.75) is 71.1 Å². The fourth-order valence-corrected chi connectivity index (χ4v) is 2.11. The first-order chi connectivity index (χ1) is 9.81. The molecule has 0 aliphatic rings. The van der Waals surface area contributed by atoms with Gasteiger partial charge in [0.05, 0.1) is 0 Å². The first kappa shape index (κ1) is 19.4. The molecule has 1 amide bonds. The van der Waals surface area contributed by atoms with Crippen LogP contribution in [0.15, 0.2) is 0 Å². The molecule has 4 nitrogen and oxygen atoms in total. The number of unbranched alkanes of at least 4 members (excludes halogenated alkanes) is 6. The maximum Gasteiger partial charge on any atom is 0.219 e. The van der Waals surface area contributed by atoms with Gasteiger partial charge in [0.1, 0.15) is 0 Å². The summed E-state index contributed by atoms with van der Waals surface area (Å²) >= 11 is 0. The highest BCUT2D eigenvalue weighted by Gasteiger charge is 2.00. The van der Waals surface area contributed by atoms with Crippen LogP contribution in [0.4, 0.5) is 0 Å². The highest BCUT2D eigenvalue weighted by atomic mass is 16.1. The van der Waals surface area contributed by atoms with Gasteiger partial charge in [0.25, 0.3) is 0 Å². The molecule has 0 fully saturated rings. The van der Waals surface area contributed by atoms with Crippen LogP contribution in [0.2, 0.25) is 0 Å². The van der Waals surface area contributed by atoms with Crippen LogP contribution in [0.25, 0.3) is 0 Å². The minimum absolute atomic E-state index is 0.212. The van der Waals surface area contributed by atoms with Crippen molar-refractivity contribution in [1.29, 1.82) is 0 Å². The summed E-state index contributed by atoms with van der Waals surface area (Å²) < 4.78 is 0. The van der Waals surface area contributed by atoms with Crippen molar-refractivity contribution in [1.82, 2.24) is 10.6 Å². The molecule has 0 aliphatic heterocycles. The van der Waals surface area contributed by atoms with Crippen molar-refractivity contribution >= 4 is 5.91 Å². The molecule has 0 atom stereocenters. The van der Waals surface area contributed by atoms with Crippen molar-refractivity contribution in [3.63, 3.8) is 0 Å². The predicted molar refractivity (Wildman–Crippen MR) is 86.8 cm³/mol. The summed E-state index contributed by atoms with van der Waals surface area (Å²) in [6.45, 7) is 5.79. The number of hydrogen-bond acceptors (Lipinski definition) is 3. The highest BCUT2D eigenvalue weighted by Crippen LogP contribution is 2.06. The lowest BCUT2D eigenvalue weighted by Crippen LogP contribution is -2.27. The molecular weight excluding hydrogens is 250 g/mol. The summed E-state index contributed by atoms with van der Waals surface area (Å²) in [6.07, 6.45) is 11.3. The summed E-state index contributed by atoms with van der Waals surface area (Å²) in [5.74, 6) is 0.212. The largest absolute Gasteiger partial charge is 0.356 e. The van der Waals surface area contributed by atoms with Crippen LogP contribution in [-0.4, -0.2) is 32.1 Å². The zero-order valence-corrected chi connectivity index (χ0v) is 13.4. The summed E-state index contributed by atoms with van der Waals surface area (Å²) in [5, 5.41) is 6.35. The quantitative estimate of drug-likeness (QED) is 0.405. The second kappa shape index (κ2) is 16.4. The minimum atomic E-state index is 0.212. The molecular formula is C16H35N3O. The molecule has 20 heavy (non-hydrogen) atoms. The van der Waals surface area contributed by atoms with Gasteiger partial charge in [0.2, 0.25) is 5.91 Å². The van der Waals surface area contributed by atoms with E-state index >= 15 is 0 Å². The highest BCUT2D eigenvalue weighted by molar-refractivity contribution is 5.75. The molecule has 0 aromatic rings. The van der Waals surface area contributed by atoms with Crippen LogP contribution in [0.1, 0.15) is 71.1 Å². The molecule has 4 N–H and O–H groups in total. The third kappa shape index (κ3) is 15.4. The number of nitrogens with two attached hydrogens (primary N) is 1. The second-order valence-electron chi connectivity index (χ2n) is 5.47. The van der Waals surface area contributed by atoms with E-state index in [9.17, 15) is 4.79 Å². The smallest absolute Gasteiger partial charge is 0.219 e. The Balaban J connectivity index is 3.12. The summed E-state index contributed by atoms with van der Waals surface area (Å²) in [5.41, 5.74) is 5.42. The molecule has 0 bridgehead atoms. The Kier molecular flexibility index (Phi) is 15.9. The molecule has 0 unspecified atom stereocenters. The zero-order valence-electron chi connectivity index (χ0n) is 13.4. The molecule has 4 heteroatoms. The number of rotatable bonds is 15. The van der Waals surface area contributed by atoms with E-state index in [-0.39, 0.29) is 5.91 Å². The van der Waals surface area contributed by atoms with E-state index in [1.54, 1.807) is 0 Å². The average molecular weight is 285 g/mol. The normalized spacial score (nSPS) is 10.7. The van der Waals surface area contributed by atoms with Crippen molar-refractivity contribution in [3.8, 4) is 0 Å². The topological polar surface area (TPSA) is 67.2 Å². The summed E-state index contributed by atoms with van der Waals surface area (Å²) in [6, 6.07) is 0. The molecule has 0 aliphatic carbocycles. The van der Waals surface area contributed by atoms with Gasteiger partial charge in [-0.15, -0.1) is 0 Å². The predicted octanol–water partition coefficient (Wildman–Crippen LogP) is 2.57. The minimum Gasteiger partial charge on any atom is -0.356 e. The molecule has 0 heterocycles. The molecule has 0 aromatic heterocycles. The monoisotopic (exact) mass is 285 g/mol. The SMILES string of the molecule is CCCCCCCCC(=O)NCCCNCCCCN. The van der Waals surface area contributed by atoms with Gasteiger partial charge in [-0.3, -0.25) is 4.79 Å². The fraction of sp³-hybridized carbons (Fsp3) is 0.938. The Morgan fingerprint density at radius 2 is 1.55 bits per heavy atom. The first-order valence-electron chi connectivity index (χ1n) is 8.48. The van der Waals surface area contributed by atoms with E-state index in [4.69, 9.17) is 5.73 Å². The molecule has 0 radical (unpaired) electrons. The number of amides is 1.